The van der Waals surface area contributed by atoms with Gasteiger partial charge in [-0.15, -0.1) is 0 Å². The average molecular weight is 170 g/mol. The lowest BCUT2D eigenvalue weighted by Gasteiger charge is -1.92. The number of Topliss-reactive ketones (excluding diaryl/α,β-unsaturated/α-hetero) is 1. The van der Waals surface area contributed by atoms with E-state index in [4.69, 9.17) is 12.2 Å². The van der Waals surface area contributed by atoms with Crippen LogP contribution in [0.4, 0.5) is 0 Å². The highest BCUT2D eigenvalue weighted by Crippen LogP contribution is 2.04. The predicted molar refractivity (Wildman–Crippen MR) is 45.3 cm³/mol. The molecule has 0 bridgehead atoms. The van der Waals surface area contributed by atoms with Crippen molar-refractivity contribution < 1.29 is 4.79 Å². The van der Waals surface area contributed by atoms with Gasteiger partial charge in [-0.1, -0.05) is 6.92 Å². The number of aryl methyl sites for hydroxylation is 1. The van der Waals surface area contributed by atoms with Crippen LogP contribution in [0.25, 0.3) is 0 Å². The normalized spacial score (nSPS) is 10.0. The summed E-state index contributed by atoms with van der Waals surface area (Å²) in [4.78, 5) is 16.8. The third-order valence-electron chi connectivity index (χ3n) is 1.51. The number of rotatable bonds is 2. The van der Waals surface area contributed by atoms with E-state index in [9.17, 15) is 4.79 Å². The van der Waals surface area contributed by atoms with Crippen molar-refractivity contribution >= 4 is 18.0 Å². The molecule has 0 aromatic carbocycles. The predicted octanol–water partition coefficient (Wildman–Crippen LogP) is 1.97. The minimum atomic E-state index is 0.0925. The number of aromatic amines is 2. The number of carbonyl (C=O) groups is 1. The van der Waals surface area contributed by atoms with Crippen molar-refractivity contribution in [2.75, 3.05) is 0 Å². The number of imidazole rings is 1. The van der Waals surface area contributed by atoms with Gasteiger partial charge in [-0.3, -0.25) is 4.79 Å². The van der Waals surface area contributed by atoms with Crippen LogP contribution < -0.4 is 0 Å². The maximum Gasteiger partial charge on any atom is 0.180 e. The topological polar surface area (TPSA) is 48.6 Å². The van der Waals surface area contributed by atoms with Crippen LogP contribution in [0.15, 0.2) is 0 Å². The molecule has 0 amide bonds. The van der Waals surface area contributed by atoms with Crippen molar-refractivity contribution in [3.63, 3.8) is 0 Å². The Bertz CT molecular complexity index is 323. The fourth-order valence-electron chi connectivity index (χ4n) is 0.927. The Morgan fingerprint density at radius 1 is 1.55 bits per heavy atom. The molecule has 0 aliphatic rings. The number of hydrogen-bond donors (Lipinski definition) is 2. The van der Waals surface area contributed by atoms with E-state index in [0.29, 0.717) is 16.9 Å². The zero-order valence-electron chi connectivity index (χ0n) is 6.52. The molecule has 1 rings (SSSR count). The number of ketones is 1. The SMILES string of the molecule is CCC(=O)c1[nH]c(=S)[nH]c1C. The van der Waals surface area contributed by atoms with Crippen molar-refractivity contribution in [3.05, 3.63) is 16.2 Å². The van der Waals surface area contributed by atoms with Crippen molar-refractivity contribution in [1.29, 1.82) is 0 Å². The maximum absolute atomic E-state index is 11.2. The summed E-state index contributed by atoms with van der Waals surface area (Å²) in [5.74, 6) is 0.0925. The highest BCUT2D eigenvalue weighted by molar-refractivity contribution is 7.71. The summed E-state index contributed by atoms with van der Waals surface area (Å²) in [6, 6.07) is 0. The Morgan fingerprint density at radius 3 is 2.55 bits per heavy atom. The zero-order chi connectivity index (χ0) is 8.43. The van der Waals surface area contributed by atoms with Gasteiger partial charge in [0.1, 0.15) is 5.69 Å². The van der Waals surface area contributed by atoms with Gasteiger partial charge in [0.15, 0.2) is 10.6 Å². The summed E-state index contributed by atoms with van der Waals surface area (Å²) < 4.78 is 0.513. The molecule has 0 spiro atoms. The zero-order valence-corrected chi connectivity index (χ0v) is 7.34. The third-order valence-corrected chi connectivity index (χ3v) is 1.72. The highest BCUT2D eigenvalue weighted by atomic mass is 32.1. The van der Waals surface area contributed by atoms with Crippen LogP contribution in [0.5, 0.6) is 0 Å². The molecule has 1 heterocycles. The molecule has 11 heavy (non-hydrogen) atoms. The van der Waals surface area contributed by atoms with E-state index in [1.165, 1.54) is 0 Å². The summed E-state index contributed by atoms with van der Waals surface area (Å²) in [6.07, 6.45) is 0.504. The van der Waals surface area contributed by atoms with E-state index < -0.39 is 0 Å². The van der Waals surface area contributed by atoms with Crippen molar-refractivity contribution in [3.8, 4) is 0 Å². The van der Waals surface area contributed by atoms with Gasteiger partial charge in [-0.05, 0) is 19.1 Å². The Kier molecular flexibility index (Phi) is 2.24. The molecule has 0 saturated carbocycles. The van der Waals surface area contributed by atoms with Gasteiger partial charge in [-0.2, -0.15) is 0 Å². The minimum Gasteiger partial charge on any atom is -0.334 e. The minimum absolute atomic E-state index is 0.0925. The third kappa shape index (κ3) is 1.57. The van der Waals surface area contributed by atoms with Crippen molar-refractivity contribution in [2.24, 2.45) is 0 Å². The lowest BCUT2D eigenvalue weighted by atomic mass is 10.2. The first kappa shape index (κ1) is 8.20. The van der Waals surface area contributed by atoms with E-state index >= 15 is 0 Å². The van der Waals surface area contributed by atoms with E-state index in [1.54, 1.807) is 0 Å². The van der Waals surface area contributed by atoms with E-state index in [1.807, 2.05) is 13.8 Å². The lowest BCUT2D eigenvalue weighted by molar-refractivity contribution is 0.0983. The Labute approximate surface area is 69.8 Å². The molecule has 2 N–H and O–H groups in total. The molecule has 60 valence electrons. The van der Waals surface area contributed by atoms with Crippen LogP contribution in [-0.2, 0) is 0 Å². The van der Waals surface area contributed by atoms with Gasteiger partial charge in [0.25, 0.3) is 0 Å². The molecule has 0 radical (unpaired) electrons. The molecule has 0 atom stereocenters. The van der Waals surface area contributed by atoms with E-state index in [2.05, 4.69) is 9.97 Å². The summed E-state index contributed by atoms with van der Waals surface area (Å²) in [5.41, 5.74) is 1.43. The largest absolute Gasteiger partial charge is 0.334 e. The Morgan fingerprint density at radius 2 is 2.18 bits per heavy atom. The summed E-state index contributed by atoms with van der Waals surface area (Å²) >= 11 is 4.82. The molecule has 1 aromatic heterocycles. The fraction of sp³-hybridized carbons (Fsp3) is 0.429. The van der Waals surface area contributed by atoms with Gasteiger partial charge >= 0.3 is 0 Å². The highest BCUT2D eigenvalue weighted by Gasteiger charge is 2.07. The lowest BCUT2D eigenvalue weighted by Crippen LogP contribution is -1.98. The Balaban J connectivity index is 3.13. The van der Waals surface area contributed by atoms with E-state index in [-0.39, 0.29) is 5.78 Å². The molecule has 4 heteroatoms. The van der Waals surface area contributed by atoms with Crippen molar-refractivity contribution in [2.45, 2.75) is 20.3 Å². The Hall–Kier alpha value is -0.900. The second-order valence-corrected chi connectivity index (χ2v) is 2.76. The molecular weight excluding hydrogens is 160 g/mol. The van der Waals surface area contributed by atoms with Gasteiger partial charge in [0.2, 0.25) is 0 Å². The molecule has 0 aliphatic carbocycles. The van der Waals surface area contributed by atoms with Crippen LogP contribution >= 0.6 is 12.2 Å². The van der Waals surface area contributed by atoms with Gasteiger partial charge in [0, 0.05) is 12.1 Å². The molecular formula is C7H10N2OS. The second kappa shape index (κ2) is 3.00. The number of H-pyrrole nitrogens is 2. The second-order valence-electron chi connectivity index (χ2n) is 2.36. The maximum atomic E-state index is 11.2. The quantitative estimate of drug-likeness (QED) is 0.526. The standard InChI is InChI=1S/C7H10N2OS/c1-3-5(10)6-4(2)8-7(11)9-6/h3H2,1-2H3,(H2,8,9,11). The molecule has 0 unspecified atom stereocenters. The van der Waals surface area contributed by atoms with Gasteiger partial charge in [-0.25, -0.2) is 0 Å². The first-order chi connectivity index (χ1) is 5.15. The van der Waals surface area contributed by atoms with Gasteiger partial charge in [0.05, 0.1) is 0 Å². The molecule has 0 fully saturated rings. The van der Waals surface area contributed by atoms with Gasteiger partial charge < -0.3 is 9.97 Å². The van der Waals surface area contributed by atoms with Crippen LogP contribution in [0.3, 0.4) is 0 Å². The van der Waals surface area contributed by atoms with Crippen molar-refractivity contribution in [1.82, 2.24) is 9.97 Å². The van der Waals surface area contributed by atoms with Crippen LogP contribution in [0, 0.1) is 11.7 Å². The number of hydrogen-bond acceptors (Lipinski definition) is 2. The first-order valence-electron chi connectivity index (χ1n) is 3.47. The van der Waals surface area contributed by atoms with Crippen LogP contribution in [0.1, 0.15) is 29.5 Å². The number of aromatic nitrogens is 2. The number of nitrogens with one attached hydrogen (secondary N) is 2. The van der Waals surface area contributed by atoms with Crippen LogP contribution in [-0.4, -0.2) is 15.8 Å². The fourth-order valence-corrected chi connectivity index (χ4v) is 1.18. The molecule has 0 aliphatic heterocycles. The smallest absolute Gasteiger partial charge is 0.180 e. The number of carbonyl (C=O) groups excluding carboxylic acids is 1. The molecule has 0 saturated heterocycles. The monoisotopic (exact) mass is 170 g/mol. The van der Waals surface area contributed by atoms with E-state index in [0.717, 1.165) is 5.69 Å². The molecule has 3 nitrogen and oxygen atoms in total. The summed E-state index contributed by atoms with van der Waals surface area (Å²) in [6.45, 7) is 3.65. The summed E-state index contributed by atoms with van der Waals surface area (Å²) in [7, 11) is 0. The van der Waals surface area contributed by atoms with Crippen LogP contribution in [0.2, 0.25) is 0 Å². The molecule has 1 aromatic rings. The first-order valence-corrected chi connectivity index (χ1v) is 3.88. The average Bonchev–Trinajstić information content (AvgIpc) is 2.28. The summed E-state index contributed by atoms with van der Waals surface area (Å²) in [5, 5.41) is 0.